The Balaban J connectivity index is 2.99. The maximum Gasteiger partial charge on any atom is 0.420 e. The second-order valence-electron chi connectivity index (χ2n) is 4.91. The number of nitrogens with zero attached hydrogens (tertiary/aromatic N) is 1. The summed E-state index contributed by atoms with van der Waals surface area (Å²) < 4.78 is 38.6. The van der Waals surface area contributed by atoms with Crippen LogP contribution < -0.4 is 5.32 Å². The summed E-state index contributed by atoms with van der Waals surface area (Å²) in [6.45, 7) is 4.66. The standard InChI is InChI=1S/C12H18F3N3O2/c1-6(2)8(4-5-19)16-11(20)10-9(12(13,14)15)7(3)17-18-10/h6,8,19H,4-5H2,1-3H3,(H,16,20)(H,17,18). The number of H-pyrrole nitrogens is 1. The first-order valence-electron chi connectivity index (χ1n) is 6.22. The van der Waals surface area contributed by atoms with Gasteiger partial charge in [0.05, 0.1) is 0 Å². The number of hydrogen-bond acceptors (Lipinski definition) is 3. The van der Waals surface area contributed by atoms with Gasteiger partial charge in [-0.1, -0.05) is 13.8 Å². The molecule has 1 unspecified atom stereocenters. The fourth-order valence-electron chi connectivity index (χ4n) is 1.89. The van der Waals surface area contributed by atoms with Crippen LogP contribution in [0.2, 0.25) is 0 Å². The summed E-state index contributed by atoms with van der Waals surface area (Å²) in [5, 5.41) is 17.0. The van der Waals surface area contributed by atoms with E-state index in [0.29, 0.717) is 0 Å². The molecule has 0 fully saturated rings. The van der Waals surface area contributed by atoms with Crippen molar-refractivity contribution in [2.45, 2.75) is 39.4 Å². The number of aliphatic hydroxyl groups excluding tert-OH is 1. The van der Waals surface area contributed by atoms with Gasteiger partial charge in [-0.3, -0.25) is 9.89 Å². The topological polar surface area (TPSA) is 78.0 Å². The molecule has 1 amide bonds. The Morgan fingerprint density at radius 3 is 2.50 bits per heavy atom. The molecule has 8 heteroatoms. The predicted molar refractivity (Wildman–Crippen MR) is 66.1 cm³/mol. The maximum absolute atomic E-state index is 12.9. The summed E-state index contributed by atoms with van der Waals surface area (Å²) in [6.07, 6.45) is -4.37. The van der Waals surface area contributed by atoms with Crippen molar-refractivity contribution in [3.8, 4) is 0 Å². The van der Waals surface area contributed by atoms with E-state index in [2.05, 4.69) is 15.5 Å². The van der Waals surface area contributed by atoms with Gasteiger partial charge in [0.25, 0.3) is 5.91 Å². The number of aromatic nitrogens is 2. The minimum Gasteiger partial charge on any atom is -0.396 e. The van der Waals surface area contributed by atoms with Gasteiger partial charge in [-0.2, -0.15) is 18.3 Å². The smallest absolute Gasteiger partial charge is 0.396 e. The molecular weight excluding hydrogens is 275 g/mol. The van der Waals surface area contributed by atoms with Gasteiger partial charge >= 0.3 is 6.18 Å². The molecule has 0 aliphatic rings. The zero-order chi connectivity index (χ0) is 15.5. The number of rotatable bonds is 5. The highest BCUT2D eigenvalue weighted by Crippen LogP contribution is 2.33. The van der Waals surface area contributed by atoms with Crippen molar-refractivity contribution in [2.24, 2.45) is 5.92 Å². The van der Waals surface area contributed by atoms with Crippen LogP contribution in [0, 0.1) is 12.8 Å². The molecule has 5 nitrogen and oxygen atoms in total. The number of aliphatic hydroxyl groups is 1. The first kappa shape index (κ1) is 16.5. The van der Waals surface area contributed by atoms with Crippen LogP contribution in [-0.2, 0) is 6.18 Å². The second-order valence-corrected chi connectivity index (χ2v) is 4.91. The van der Waals surface area contributed by atoms with Crippen LogP contribution in [0.4, 0.5) is 13.2 Å². The van der Waals surface area contributed by atoms with E-state index in [1.54, 1.807) is 13.8 Å². The van der Waals surface area contributed by atoms with Crippen LogP contribution in [0.3, 0.4) is 0 Å². The first-order valence-corrected chi connectivity index (χ1v) is 6.22. The Labute approximate surface area is 114 Å². The number of hydrogen-bond donors (Lipinski definition) is 3. The first-order chi connectivity index (χ1) is 9.18. The quantitative estimate of drug-likeness (QED) is 0.775. The summed E-state index contributed by atoms with van der Waals surface area (Å²) in [7, 11) is 0. The highest BCUT2D eigenvalue weighted by Gasteiger charge is 2.39. The largest absolute Gasteiger partial charge is 0.420 e. The van der Waals surface area contributed by atoms with E-state index in [0.717, 1.165) is 0 Å². The van der Waals surface area contributed by atoms with E-state index in [1.165, 1.54) is 6.92 Å². The number of carbonyl (C=O) groups excluding carboxylic acids is 1. The van der Waals surface area contributed by atoms with Crippen molar-refractivity contribution >= 4 is 5.91 Å². The fourth-order valence-corrected chi connectivity index (χ4v) is 1.89. The third-order valence-corrected chi connectivity index (χ3v) is 3.01. The van der Waals surface area contributed by atoms with Gasteiger partial charge in [0.2, 0.25) is 0 Å². The lowest BCUT2D eigenvalue weighted by Gasteiger charge is -2.21. The van der Waals surface area contributed by atoms with Gasteiger partial charge in [-0.25, -0.2) is 0 Å². The van der Waals surface area contributed by atoms with Crippen molar-refractivity contribution in [2.75, 3.05) is 6.61 Å². The lowest BCUT2D eigenvalue weighted by atomic mass is 10.0. The van der Waals surface area contributed by atoms with Gasteiger partial charge in [0.15, 0.2) is 5.69 Å². The van der Waals surface area contributed by atoms with Crippen molar-refractivity contribution in [1.82, 2.24) is 15.5 Å². The SMILES string of the molecule is Cc1[nH]nc(C(=O)NC(CCO)C(C)C)c1C(F)(F)F. The Bertz CT molecular complexity index is 469. The Morgan fingerprint density at radius 1 is 1.45 bits per heavy atom. The second kappa shape index (κ2) is 6.25. The summed E-state index contributed by atoms with van der Waals surface area (Å²) in [4.78, 5) is 11.9. The molecular formula is C12H18F3N3O2. The molecule has 0 spiro atoms. The number of carbonyl (C=O) groups is 1. The zero-order valence-corrected chi connectivity index (χ0v) is 11.5. The number of amides is 1. The Morgan fingerprint density at radius 2 is 2.05 bits per heavy atom. The van der Waals surface area contributed by atoms with Gasteiger partial charge < -0.3 is 10.4 Å². The molecule has 20 heavy (non-hydrogen) atoms. The Kier molecular flexibility index (Phi) is 5.15. The number of nitrogens with one attached hydrogen (secondary N) is 2. The lowest BCUT2D eigenvalue weighted by Crippen LogP contribution is -2.40. The molecule has 3 N–H and O–H groups in total. The molecule has 1 atom stereocenters. The third kappa shape index (κ3) is 3.72. The molecule has 0 saturated carbocycles. The van der Waals surface area contributed by atoms with E-state index in [-0.39, 0.29) is 24.6 Å². The third-order valence-electron chi connectivity index (χ3n) is 3.01. The summed E-state index contributed by atoms with van der Waals surface area (Å²) in [6, 6.07) is -0.411. The van der Waals surface area contributed by atoms with Crippen LogP contribution in [0.1, 0.15) is 42.0 Å². The maximum atomic E-state index is 12.9. The van der Waals surface area contributed by atoms with Crippen LogP contribution in [0.15, 0.2) is 0 Å². The van der Waals surface area contributed by atoms with Crippen LogP contribution in [-0.4, -0.2) is 33.9 Å². The monoisotopic (exact) mass is 293 g/mol. The molecule has 0 bridgehead atoms. The van der Waals surface area contributed by atoms with Gasteiger partial charge in [0, 0.05) is 18.3 Å². The average molecular weight is 293 g/mol. The lowest BCUT2D eigenvalue weighted by molar-refractivity contribution is -0.138. The molecule has 1 aromatic heterocycles. The molecule has 1 rings (SSSR count). The predicted octanol–water partition coefficient (Wildman–Crippen LogP) is 1.87. The highest BCUT2D eigenvalue weighted by atomic mass is 19.4. The molecule has 0 aliphatic heterocycles. The van der Waals surface area contributed by atoms with Crippen LogP contribution in [0.5, 0.6) is 0 Å². The van der Waals surface area contributed by atoms with Crippen molar-refractivity contribution < 1.29 is 23.1 Å². The molecule has 0 aromatic carbocycles. The van der Waals surface area contributed by atoms with Gasteiger partial charge in [-0.05, 0) is 19.3 Å². The molecule has 0 aliphatic carbocycles. The molecule has 1 aromatic rings. The van der Waals surface area contributed by atoms with E-state index >= 15 is 0 Å². The fraction of sp³-hybridized carbons (Fsp3) is 0.667. The van der Waals surface area contributed by atoms with E-state index in [1.807, 2.05) is 0 Å². The average Bonchev–Trinajstić information content (AvgIpc) is 2.70. The molecule has 0 saturated heterocycles. The van der Waals surface area contributed by atoms with Gasteiger partial charge in [-0.15, -0.1) is 0 Å². The minimum absolute atomic E-state index is 0.0134. The van der Waals surface area contributed by atoms with Crippen molar-refractivity contribution in [3.05, 3.63) is 17.0 Å². The van der Waals surface area contributed by atoms with Crippen LogP contribution >= 0.6 is 0 Å². The van der Waals surface area contributed by atoms with Crippen LogP contribution in [0.25, 0.3) is 0 Å². The summed E-state index contributed by atoms with van der Waals surface area (Å²) in [5.41, 5.74) is -1.93. The number of aryl methyl sites for hydroxylation is 1. The molecule has 1 heterocycles. The number of alkyl halides is 3. The molecule has 114 valence electrons. The molecule has 0 radical (unpaired) electrons. The summed E-state index contributed by atoms with van der Waals surface area (Å²) in [5.74, 6) is -0.908. The van der Waals surface area contributed by atoms with Crippen molar-refractivity contribution in [1.29, 1.82) is 0 Å². The number of aromatic amines is 1. The Hall–Kier alpha value is -1.57. The van der Waals surface area contributed by atoms with E-state index in [9.17, 15) is 18.0 Å². The number of halogens is 3. The minimum atomic E-state index is -4.64. The highest BCUT2D eigenvalue weighted by molar-refractivity contribution is 5.94. The van der Waals surface area contributed by atoms with E-state index < -0.39 is 29.4 Å². The van der Waals surface area contributed by atoms with E-state index in [4.69, 9.17) is 5.11 Å². The normalized spacial score (nSPS) is 13.6. The summed E-state index contributed by atoms with van der Waals surface area (Å²) >= 11 is 0. The zero-order valence-electron chi connectivity index (χ0n) is 11.5. The van der Waals surface area contributed by atoms with Gasteiger partial charge in [0.1, 0.15) is 5.56 Å². The van der Waals surface area contributed by atoms with Crippen molar-refractivity contribution in [3.63, 3.8) is 0 Å².